The van der Waals surface area contributed by atoms with Crippen LogP contribution in [-0.4, -0.2) is 12.6 Å². The van der Waals surface area contributed by atoms with Crippen molar-refractivity contribution >= 4 is 12.0 Å². The number of nitriles is 1. The summed E-state index contributed by atoms with van der Waals surface area (Å²) in [5, 5.41) is 8.70. The highest BCUT2D eigenvalue weighted by Gasteiger charge is 2.07. The van der Waals surface area contributed by atoms with Crippen molar-refractivity contribution in [2.24, 2.45) is 0 Å². The van der Waals surface area contributed by atoms with Crippen LogP contribution >= 0.6 is 0 Å². The van der Waals surface area contributed by atoms with Gasteiger partial charge in [0.2, 0.25) is 0 Å². The molecule has 1 aromatic heterocycles. The van der Waals surface area contributed by atoms with Crippen LogP contribution in [0.15, 0.2) is 40.5 Å². The molecule has 0 aliphatic heterocycles. The van der Waals surface area contributed by atoms with Gasteiger partial charge in [0, 0.05) is 0 Å². The number of rotatable bonds is 4. The average Bonchev–Trinajstić information content (AvgIpc) is 2.77. The highest BCUT2D eigenvalue weighted by atomic mass is 16.5. The molecule has 1 rings (SSSR count). The SMILES string of the molecule is CCOC(=O)C(C#N)=CC=Cc1ccco1. The van der Waals surface area contributed by atoms with E-state index in [2.05, 4.69) is 0 Å². The van der Waals surface area contributed by atoms with Crippen LogP contribution in [0.3, 0.4) is 0 Å². The van der Waals surface area contributed by atoms with Gasteiger partial charge < -0.3 is 9.15 Å². The molecule has 0 saturated heterocycles. The van der Waals surface area contributed by atoms with E-state index in [1.807, 2.05) is 0 Å². The third kappa shape index (κ3) is 3.46. The van der Waals surface area contributed by atoms with Gasteiger partial charge in [0.05, 0.1) is 12.9 Å². The van der Waals surface area contributed by atoms with Crippen LogP contribution in [0.2, 0.25) is 0 Å². The van der Waals surface area contributed by atoms with Crippen molar-refractivity contribution in [3.8, 4) is 6.07 Å². The lowest BCUT2D eigenvalue weighted by Crippen LogP contribution is -2.05. The molecule has 4 heteroatoms. The van der Waals surface area contributed by atoms with Crippen LogP contribution in [0.4, 0.5) is 0 Å². The third-order valence-electron chi connectivity index (χ3n) is 1.68. The van der Waals surface area contributed by atoms with E-state index in [1.165, 1.54) is 6.08 Å². The Morgan fingerprint density at radius 2 is 2.50 bits per heavy atom. The molecule has 0 N–H and O–H groups in total. The standard InChI is InChI=1S/C12H11NO3/c1-2-15-12(14)10(9-13)5-3-6-11-7-4-8-16-11/h3-8H,2H2,1H3. The predicted octanol–water partition coefficient (Wildman–Crippen LogP) is 2.31. The lowest BCUT2D eigenvalue weighted by atomic mass is 10.2. The predicted molar refractivity (Wildman–Crippen MR) is 58.1 cm³/mol. The summed E-state index contributed by atoms with van der Waals surface area (Å²) in [4.78, 5) is 11.2. The van der Waals surface area contributed by atoms with Crippen LogP contribution in [-0.2, 0) is 9.53 Å². The molecule has 0 amide bonds. The van der Waals surface area contributed by atoms with Gasteiger partial charge in [-0.05, 0) is 31.2 Å². The second kappa shape index (κ2) is 6.25. The maximum absolute atomic E-state index is 11.2. The van der Waals surface area contributed by atoms with Gasteiger partial charge in [0.1, 0.15) is 17.4 Å². The first-order valence-corrected chi connectivity index (χ1v) is 4.77. The van der Waals surface area contributed by atoms with E-state index in [4.69, 9.17) is 14.4 Å². The Labute approximate surface area is 93.4 Å². The Morgan fingerprint density at radius 1 is 1.69 bits per heavy atom. The van der Waals surface area contributed by atoms with Gasteiger partial charge in [0.25, 0.3) is 0 Å². The second-order valence-corrected chi connectivity index (χ2v) is 2.79. The fourth-order valence-corrected chi connectivity index (χ4v) is 0.985. The first-order chi connectivity index (χ1) is 7.77. The highest BCUT2D eigenvalue weighted by molar-refractivity contribution is 5.93. The van der Waals surface area contributed by atoms with Crippen LogP contribution in [0.25, 0.3) is 6.08 Å². The van der Waals surface area contributed by atoms with Crippen LogP contribution in [0.5, 0.6) is 0 Å². The summed E-state index contributed by atoms with van der Waals surface area (Å²) in [6.45, 7) is 1.94. The van der Waals surface area contributed by atoms with Crippen LogP contribution in [0.1, 0.15) is 12.7 Å². The molecule has 1 heterocycles. The number of carbonyl (C=O) groups excluding carboxylic acids is 1. The Morgan fingerprint density at radius 3 is 3.06 bits per heavy atom. The van der Waals surface area contributed by atoms with Crippen LogP contribution < -0.4 is 0 Å². The van der Waals surface area contributed by atoms with Gasteiger partial charge >= 0.3 is 5.97 Å². The molecule has 0 saturated carbocycles. The smallest absolute Gasteiger partial charge is 0.348 e. The normalized spacial score (nSPS) is 11.4. The Bertz CT molecular complexity index is 435. The molecule has 16 heavy (non-hydrogen) atoms. The maximum Gasteiger partial charge on any atom is 0.348 e. The fourth-order valence-electron chi connectivity index (χ4n) is 0.985. The summed E-state index contributed by atoms with van der Waals surface area (Å²) in [5.41, 5.74) is -0.0374. The molecular weight excluding hydrogens is 206 g/mol. The number of allylic oxidation sites excluding steroid dienone is 2. The van der Waals surface area contributed by atoms with E-state index in [0.717, 1.165) is 0 Å². The van der Waals surface area contributed by atoms with E-state index >= 15 is 0 Å². The molecule has 1 aromatic rings. The second-order valence-electron chi connectivity index (χ2n) is 2.79. The zero-order valence-electron chi connectivity index (χ0n) is 8.84. The monoisotopic (exact) mass is 217 g/mol. The molecule has 82 valence electrons. The molecule has 0 unspecified atom stereocenters. The van der Waals surface area contributed by atoms with Gasteiger partial charge in [-0.2, -0.15) is 5.26 Å². The molecule has 4 nitrogen and oxygen atoms in total. The number of hydrogen-bond acceptors (Lipinski definition) is 4. The minimum absolute atomic E-state index is 0.0374. The van der Waals surface area contributed by atoms with Crippen molar-refractivity contribution in [2.45, 2.75) is 6.92 Å². The molecule has 0 spiro atoms. The third-order valence-corrected chi connectivity index (χ3v) is 1.68. The van der Waals surface area contributed by atoms with E-state index in [-0.39, 0.29) is 12.2 Å². The van der Waals surface area contributed by atoms with Crippen molar-refractivity contribution in [2.75, 3.05) is 6.61 Å². The number of nitrogens with zero attached hydrogens (tertiary/aromatic N) is 1. The van der Waals surface area contributed by atoms with E-state index in [9.17, 15) is 4.79 Å². The minimum atomic E-state index is -0.617. The van der Waals surface area contributed by atoms with E-state index in [1.54, 1.807) is 43.5 Å². The summed E-state index contributed by atoms with van der Waals surface area (Å²) >= 11 is 0. The fraction of sp³-hybridized carbons (Fsp3) is 0.167. The largest absolute Gasteiger partial charge is 0.465 e. The first kappa shape index (κ1) is 11.8. The van der Waals surface area contributed by atoms with Gasteiger partial charge in [-0.25, -0.2) is 4.79 Å². The van der Waals surface area contributed by atoms with Crippen molar-refractivity contribution in [1.29, 1.82) is 5.26 Å². The Kier molecular flexibility index (Phi) is 4.61. The topological polar surface area (TPSA) is 63.2 Å². The van der Waals surface area contributed by atoms with Crippen LogP contribution in [0, 0.1) is 11.3 Å². The molecule has 0 bridgehead atoms. The number of esters is 1. The number of carbonyl (C=O) groups is 1. The Hall–Kier alpha value is -2.28. The van der Waals surface area contributed by atoms with Crippen molar-refractivity contribution < 1.29 is 13.9 Å². The minimum Gasteiger partial charge on any atom is -0.465 e. The Balaban J connectivity index is 2.67. The molecular formula is C12H11NO3. The zero-order chi connectivity index (χ0) is 11.8. The highest BCUT2D eigenvalue weighted by Crippen LogP contribution is 2.04. The van der Waals surface area contributed by atoms with Gasteiger partial charge in [-0.3, -0.25) is 0 Å². The zero-order valence-corrected chi connectivity index (χ0v) is 8.84. The number of furan rings is 1. The summed E-state index contributed by atoms with van der Waals surface area (Å²) in [7, 11) is 0. The van der Waals surface area contributed by atoms with Gasteiger partial charge in [0.15, 0.2) is 0 Å². The number of hydrogen-bond donors (Lipinski definition) is 0. The molecule has 0 atom stereocenters. The van der Waals surface area contributed by atoms with E-state index < -0.39 is 5.97 Å². The van der Waals surface area contributed by atoms with Crippen molar-refractivity contribution in [3.05, 3.63) is 41.9 Å². The van der Waals surface area contributed by atoms with E-state index in [0.29, 0.717) is 5.76 Å². The number of ether oxygens (including phenoxy) is 1. The molecule has 0 radical (unpaired) electrons. The quantitative estimate of drug-likeness (QED) is 0.336. The molecule has 0 aliphatic carbocycles. The molecule has 0 fully saturated rings. The summed E-state index contributed by atoms with van der Waals surface area (Å²) in [6, 6.07) is 5.29. The van der Waals surface area contributed by atoms with Crippen molar-refractivity contribution in [1.82, 2.24) is 0 Å². The summed E-state index contributed by atoms with van der Waals surface area (Å²) in [6.07, 6.45) is 6.14. The van der Waals surface area contributed by atoms with Gasteiger partial charge in [-0.1, -0.05) is 6.08 Å². The van der Waals surface area contributed by atoms with Crippen molar-refractivity contribution in [3.63, 3.8) is 0 Å². The maximum atomic E-state index is 11.2. The lowest BCUT2D eigenvalue weighted by Gasteiger charge is -1.97. The average molecular weight is 217 g/mol. The summed E-state index contributed by atoms with van der Waals surface area (Å²) < 4.78 is 9.74. The van der Waals surface area contributed by atoms with Gasteiger partial charge in [-0.15, -0.1) is 0 Å². The summed E-state index contributed by atoms with van der Waals surface area (Å²) in [5.74, 6) is 0.0338. The molecule has 0 aromatic carbocycles. The molecule has 0 aliphatic rings. The first-order valence-electron chi connectivity index (χ1n) is 4.77. The lowest BCUT2D eigenvalue weighted by molar-refractivity contribution is -0.138.